The van der Waals surface area contributed by atoms with Crippen LogP contribution in [-0.4, -0.2) is 6.54 Å². The molecular formula is C18H28FN. The summed E-state index contributed by atoms with van der Waals surface area (Å²) in [4.78, 5) is 0. The minimum absolute atomic E-state index is 0.116. The molecule has 1 unspecified atom stereocenters. The lowest BCUT2D eigenvalue weighted by atomic mass is 9.90. The Hall–Kier alpha value is -0.890. The maximum absolute atomic E-state index is 13.5. The number of nitrogens with one attached hydrogen (secondary N) is 1. The molecule has 1 aromatic carbocycles. The molecule has 0 aliphatic heterocycles. The van der Waals surface area contributed by atoms with E-state index in [1.165, 1.54) is 44.1 Å². The summed E-state index contributed by atoms with van der Waals surface area (Å²) in [7, 11) is 0. The van der Waals surface area contributed by atoms with Gasteiger partial charge in [-0.1, -0.05) is 32.6 Å². The minimum Gasteiger partial charge on any atom is -0.310 e. The zero-order chi connectivity index (χ0) is 14.5. The second-order valence-corrected chi connectivity index (χ2v) is 6.29. The third-order valence-corrected chi connectivity index (χ3v) is 4.70. The van der Waals surface area contributed by atoms with Crippen LogP contribution in [0.5, 0.6) is 0 Å². The summed E-state index contributed by atoms with van der Waals surface area (Å²) in [6.07, 6.45) is 8.09. The average Bonchev–Trinajstić information content (AvgIpc) is 2.87. The highest BCUT2D eigenvalue weighted by Gasteiger charge is 2.20. The molecule has 1 atom stereocenters. The molecular weight excluding hydrogens is 249 g/mol. The average molecular weight is 277 g/mol. The lowest BCUT2D eigenvalue weighted by Crippen LogP contribution is -2.23. The Morgan fingerprint density at radius 1 is 1.20 bits per heavy atom. The normalized spacial score (nSPS) is 17.6. The van der Waals surface area contributed by atoms with Crippen molar-refractivity contribution in [3.8, 4) is 0 Å². The van der Waals surface area contributed by atoms with E-state index in [-0.39, 0.29) is 5.82 Å². The molecule has 2 rings (SSSR count). The Kier molecular flexibility index (Phi) is 5.59. The summed E-state index contributed by atoms with van der Waals surface area (Å²) in [5, 5.41) is 3.60. The predicted octanol–water partition coefficient (Wildman–Crippen LogP) is 5.06. The van der Waals surface area contributed by atoms with Crippen molar-refractivity contribution in [1.29, 1.82) is 0 Å². The summed E-state index contributed by atoms with van der Waals surface area (Å²) in [6.45, 7) is 7.18. The highest BCUT2D eigenvalue weighted by molar-refractivity contribution is 5.36. The third-order valence-electron chi connectivity index (χ3n) is 4.70. The molecule has 0 saturated heterocycles. The molecule has 0 bridgehead atoms. The molecule has 1 aromatic rings. The molecule has 1 aliphatic rings. The van der Waals surface area contributed by atoms with Crippen LogP contribution in [0, 0.1) is 25.6 Å². The number of hydrogen-bond donors (Lipinski definition) is 1. The van der Waals surface area contributed by atoms with Gasteiger partial charge in [0.1, 0.15) is 5.82 Å². The van der Waals surface area contributed by atoms with E-state index in [1.54, 1.807) is 12.1 Å². The van der Waals surface area contributed by atoms with Gasteiger partial charge in [-0.25, -0.2) is 4.39 Å². The fraction of sp³-hybridized carbons (Fsp3) is 0.667. The molecule has 1 aliphatic carbocycles. The summed E-state index contributed by atoms with van der Waals surface area (Å²) in [5.41, 5.74) is 3.48. The minimum atomic E-state index is -0.116. The standard InChI is InChI=1S/C18H28FN/c1-4-20-17(10-9-15-7-5-6-8-15)18-13(2)11-16(19)12-14(18)3/h11-12,15,17,20H,4-10H2,1-3H3. The van der Waals surface area contributed by atoms with Gasteiger partial charge in [-0.3, -0.25) is 0 Å². The van der Waals surface area contributed by atoms with Crippen molar-refractivity contribution in [2.24, 2.45) is 5.92 Å². The van der Waals surface area contributed by atoms with Gasteiger partial charge in [-0.05, 0) is 68.0 Å². The van der Waals surface area contributed by atoms with Crippen molar-refractivity contribution in [2.45, 2.75) is 65.3 Å². The maximum Gasteiger partial charge on any atom is 0.123 e. The predicted molar refractivity (Wildman–Crippen MR) is 83.5 cm³/mol. The first-order chi connectivity index (χ1) is 9.61. The number of hydrogen-bond acceptors (Lipinski definition) is 1. The van der Waals surface area contributed by atoms with Gasteiger partial charge in [-0.15, -0.1) is 0 Å². The summed E-state index contributed by atoms with van der Waals surface area (Å²) < 4.78 is 13.5. The van der Waals surface area contributed by atoms with Crippen LogP contribution in [0.3, 0.4) is 0 Å². The van der Waals surface area contributed by atoms with Gasteiger partial charge < -0.3 is 5.32 Å². The van der Waals surface area contributed by atoms with Gasteiger partial charge in [0.15, 0.2) is 0 Å². The van der Waals surface area contributed by atoms with Gasteiger partial charge in [0.25, 0.3) is 0 Å². The van der Waals surface area contributed by atoms with Crippen LogP contribution in [0.1, 0.15) is 68.2 Å². The Labute approximate surface area is 123 Å². The monoisotopic (exact) mass is 277 g/mol. The zero-order valence-electron chi connectivity index (χ0n) is 13.1. The smallest absolute Gasteiger partial charge is 0.123 e. The third kappa shape index (κ3) is 3.82. The van der Waals surface area contributed by atoms with Crippen LogP contribution < -0.4 is 5.32 Å². The van der Waals surface area contributed by atoms with E-state index in [2.05, 4.69) is 12.2 Å². The lowest BCUT2D eigenvalue weighted by Gasteiger charge is -2.24. The molecule has 0 heterocycles. The van der Waals surface area contributed by atoms with E-state index in [4.69, 9.17) is 0 Å². The number of halogens is 1. The number of aryl methyl sites for hydroxylation is 2. The first-order valence-corrected chi connectivity index (χ1v) is 8.11. The lowest BCUT2D eigenvalue weighted by molar-refractivity contribution is 0.414. The highest BCUT2D eigenvalue weighted by atomic mass is 19.1. The van der Waals surface area contributed by atoms with Crippen molar-refractivity contribution in [1.82, 2.24) is 5.32 Å². The quantitative estimate of drug-likeness (QED) is 0.766. The summed E-state index contributed by atoms with van der Waals surface area (Å²) in [5.74, 6) is 0.798. The van der Waals surface area contributed by atoms with Crippen molar-refractivity contribution >= 4 is 0 Å². The van der Waals surface area contributed by atoms with Gasteiger partial charge in [0.2, 0.25) is 0 Å². The second-order valence-electron chi connectivity index (χ2n) is 6.29. The van der Waals surface area contributed by atoms with Crippen LogP contribution in [-0.2, 0) is 0 Å². The van der Waals surface area contributed by atoms with Crippen LogP contribution in [0.4, 0.5) is 4.39 Å². The Morgan fingerprint density at radius 2 is 1.80 bits per heavy atom. The van der Waals surface area contributed by atoms with Crippen LogP contribution in [0.2, 0.25) is 0 Å². The van der Waals surface area contributed by atoms with E-state index in [0.29, 0.717) is 6.04 Å². The topological polar surface area (TPSA) is 12.0 Å². The van der Waals surface area contributed by atoms with Gasteiger partial charge in [-0.2, -0.15) is 0 Å². The van der Waals surface area contributed by atoms with E-state index in [0.717, 1.165) is 23.6 Å². The fourth-order valence-electron chi connectivity index (χ4n) is 3.77. The van der Waals surface area contributed by atoms with E-state index in [1.807, 2.05) is 13.8 Å². The molecule has 1 N–H and O–H groups in total. The summed E-state index contributed by atoms with van der Waals surface area (Å²) in [6, 6.07) is 3.71. The van der Waals surface area contributed by atoms with E-state index in [9.17, 15) is 4.39 Å². The second kappa shape index (κ2) is 7.21. The van der Waals surface area contributed by atoms with Gasteiger partial charge in [0.05, 0.1) is 0 Å². The van der Waals surface area contributed by atoms with Gasteiger partial charge in [0, 0.05) is 6.04 Å². The van der Waals surface area contributed by atoms with Crippen molar-refractivity contribution in [2.75, 3.05) is 6.54 Å². The van der Waals surface area contributed by atoms with Crippen LogP contribution >= 0.6 is 0 Å². The van der Waals surface area contributed by atoms with E-state index >= 15 is 0 Å². The van der Waals surface area contributed by atoms with E-state index < -0.39 is 0 Å². The zero-order valence-corrected chi connectivity index (χ0v) is 13.1. The molecule has 0 spiro atoms. The first kappa shape index (κ1) is 15.5. The molecule has 20 heavy (non-hydrogen) atoms. The van der Waals surface area contributed by atoms with Crippen LogP contribution in [0.15, 0.2) is 12.1 Å². The SMILES string of the molecule is CCNC(CCC1CCCC1)c1c(C)cc(F)cc1C. The molecule has 1 nitrogen and oxygen atoms in total. The molecule has 0 amide bonds. The number of benzene rings is 1. The highest BCUT2D eigenvalue weighted by Crippen LogP contribution is 2.33. The number of rotatable bonds is 6. The van der Waals surface area contributed by atoms with Crippen LogP contribution in [0.25, 0.3) is 0 Å². The molecule has 2 heteroatoms. The molecule has 0 radical (unpaired) electrons. The fourth-order valence-corrected chi connectivity index (χ4v) is 3.77. The largest absolute Gasteiger partial charge is 0.310 e. The Bertz CT molecular complexity index is 412. The molecule has 1 fully saturated rings. The molecule has 0 aromatic heterocycles. The molecule has 112 valence electrons. The van der Waals surface area contributed by atoms with Gasteiger partial charge >= 0.3 is 0 Å². The maximum atomic E-state index is 13.5. The van der Waals surface area contributed by atoms with Crippen molar-refractivity contribution in [3.63, 3.8) is 0 Å². The summed E-state index contributed by atoms with van der Waals surface area (Å²) >= 11 is 0. The Morgan fingerprint density at radius 3 is 2.35 bits per heavy atom. The van der Waals surface area contributed by atoms with Crippen molar-refractivity contribution < 1.29 is 4.39 Å². The first-order valence-electron chi connectivity index (χ1n) is 8.11. The van der Waals surface area contributed by atoms with Crippen molar-refractivity contribution in [3.05, 3.63) is 34.6 Å². The Balaban J connectivity index is 2.10. The molecule has 1 saturated carbocycles.